The number of rotatable bonds is 1. The topological polar surface area (TPSA) is 13.8 Å². The molecular formula is C32H19N3. The van der Waals surface area contributed by atoms with Crippen LogP contribution in [0.25, 0.3) is 71.4 Å². The molecule has 162 valence electrons. The lowest BCUT2D eigenvalue weighted by Gasteiger charge is -2.10. The van der Waals surface area contributed by atoms with Gasteiger partial charge in [-0.2, -0.15) is 0 Å². The molecule has 0 aliphatic heterocycles. The number of aromatic nitrogens is 3. The van der Waals surface area contributed by atoms with Crippen molar-refractivity contribution in [3.63, 3.8) is 0 Å². The zero-order chi connectivity index (χ0) is 22.7. The van der Waals surface area contributed by atoms with Gasteiger partial charge in [-0.15, -0.1) is 0 Å². The van der Waals surface area contributed by atoms with E-state index in [1.54, 1.807) is 0 Å². The Morgan fingerprint density at radius 1 is 0.371 bits per heavy atom. The van der Waals surface area contributed by atoms with E-state index in [9.17, 15) is 0 Å². The molecule has 0 atom stereocenters. The van der Waals surface area contributed by atoms with Crippen molar-refractivity contribution in [2.24, 2.45) is 0 Å². The summed E-state index contributed by atoms with van der Waals surface area (Å²) in [5, 5.41) is 6.52. The Labute approximate surface area is 200 Å². The SMILES string of the molecule is c1ccc2c(c1)c1ccccc1n2-c1cccc2c1n1c3ccccc3c3c4ccccc4n2c31. The van der Waals surface area contributed by atoms with E-state index in [-0.39, 0.29) is 0 Å². The molecule has 9 aromatic rings. The first-order valence-electron chi connectivity index (χ1n) is 12.1. The third kappa shape index (κ3) is 1.96. The number of benzene rings is 5. The third-order valence-electron chi connectivity index (χ3n) is 7.75. The van der Waals surface area contributed by atoms with Gasteiger partial charge in [0.05, 0.1) is 38.8 Å². The zero-order valence-electron chi connectivity index (χ0n) is 18.8. The predicted octanol–water partition coefficient (Wildman–Crippen LogP) is 8.19. The van der Waals surface area contributed by atoms with Crippen LogP contribution >= 0.6 is 0 Å². The van der Waals surface area contributed by atoms with Gasteiger partial charge in [0.2, 0.25) is 0 Å². The molecule has 0 bridgehead atoms. The van der Waals surface area contributed by atoms with E-state index < -0.39 is 0 Å². The van der Waals surface area contributed by atoms with Crippen molar-refractivity contribution in [1.29, 1.82) is 0 Å². The van der Waals surface area contributed by atoms with Gasteiger partial charge in [-0.25, -0.2) is 0 Å². The molecule has 0 saturated heterocycles. The molecule has 3 nitrogen and oxygen atoms in total. The van der Waals surface area contributed by atoms with Gasteiger partial charge < -0.3 is 4.57 Å². The number of hydrogen-bond donors (Lipinski definition) is 0. The van der Waals surface area contributed by atoms with Crippen LogP contribution in [0.15, 0.2) is 115 Å². The molecule has 0 amide bonds. The highest BCUT2D eigenvalue weighted by Gasteiger charge is 2.24. The summed E-state index contributed by atoms with van der Waals surface area (Å²) in [4.78, 5) is 0. The van der Waals surface area contributed by atoms with Crippen molar-refractivity contribution in [3.8, 4) is 5.69 Å². The number of nitrogens with zero attached hydrogens (tertiary/aromatic N) is 3. The van der Waals surface area contributed by atoms with Gasteiger partial charge in [0.25, 0.3) is 0 Å². The average molecular weight is 446 g/mol. The monoisotopic (exact) mass is 445 g/mol. The van der Waals surface area contributed by atoms with Gasteiger partial charge in [-0.1, -0.05) is 78.9 Å². The summed E-state index contributed by atoms with van der Waals surface area (Å²) < 4.78 is 7.38. The van der Waals surface area contributed by atoms with Crippen LogP contribution in [-0.2, 0) is 0 Å². The molecule has 0 N–H and O–H groups in total. The van der Waals surface area contributed by atoms with Crippen molar-refractivity contribution in [3.05, 3.63) is 115 Å². The minimum absolute atomic E-state index is 1.20. The molecule has 0 aliphatic rings. The Kier molecular flexibility index (Phi) is 3.04. The number of imidazole rings is 1. The van der Waals surface area contributed by atoms with Crippen molar-refractivity contribution in [2.75, 3.05) is 0 Å². The van der Waals surface area contributed by atoms with Gasteiger partial charge in [-0.3, -0.25) is 8.80 Å². The summed E-state index contributed by atoms with van der Waals surface area (Å²) in [5.41, 5.74) is 9.92. The van der Waals surface area contributed by atoms with E-state index in [2.05, 4.69) is 129 Å². The number of para-hydroxylation sites is 5. The van der Waals surface area contributed by atoms with Crippen molar-refractivity contribution in [1.82, 2.24) is 13.4 Å². The van der Waals surface area contributed by atoms with Crippen LogP contribution in [0, 0.1) is 0 Å². The van der Waals surface area contributed by atoms with E-state index in [1.165, 1.54) is 71.4 Å². The summed E-state index contributed by atoms with van der Waals surface area (Å²) in [6, 6.07) is 41.8. The second kappa shape index (κ2) is 6.02. The molecule has 0 unspecified atom stereocenters. The van der Waals surface area contributed by atoms with E-state index in [0.29, 0.717) is 0 Å². The van der Waals surface area contributed by atoms with Gasteiger partial charge >= 0.3 is 0 Å². The van der Waals surface area contributed by atoms with Gasteiger partial charge in [-0.05, 0) is 36.4 Å². The van der Waals surface area contributed by atoms with Crippen LogP contribution in [0.2, 0.25) is 0 Å². The van der Waals surface area contributed by atoms with E-state index >= 15 is 0 Å². The fourth-order valence-corrected chi connectivity index (χ4v) is 6.46. The second-order valence-corrected chi connectivity index (χ2v) is 9.42. The van der Waals surface area contributed by atoms with Gasteiger partial charge in [0, 0.05) is 26.9 Å². The lowest BCUT2D eigenvalue weighted by Crippen LogP contribution is -1.97. The largest absolute Gasteiger partial charge is 0.307 e. The molecule has 35 heavy (non-hydrogen) atoms. The molecule has 0 radical (unpaired) electrons. The fourth-order valence-electron chi connectivity index (χ4n) is 6.46. The lowest BCUT2D eigenvalue weighted by atomic mass is 10.1. The maximum Gasteiger partial charge on any atom is 0.131 e. The summed E-state index contributed by atoms with van der Waals surface area (Å²) in [7, 11) is 0. The highest BCUT2D eigenvalue weighted by molar-refractivity contribution is 6.24. The molecule has 0 spiro atoms. The minimum Gasteiger partial charge on any atom is -0.307 e. The molecular weight excluding hydrogens is 426 g/mol. The first-order valence-corrected chi connectivity index (χ1v) is 12.1. The van der Waals surface area contributed by atoms with Crippen LogP contribution in [0.4, 0.5) is 0 Å². The Bertz CT molecular complexity index is 2210. The van der Waals surface area contributed by atoms with Crippen LogP contribution < -0.4 is 0 Å². The second-order valence-electron chi connectivity index (χ2n) is 9.42. The molecule has 9 rings (SSSR count). The molecule has 3 heteroatoms. The first kappa shape index (κ1) is 17.7. The molecule has 5 aromatic carbocycles. The Morgan fingerprint density at radius 2 is 0.857 bits per heavy atom. The summed E-state index contributed by atoms with van der Waals surface area (Å²) in [6.45, 7) is 0. The Balaban J connectivity index is 1.61. The minimum atomic E-state index is 1.20. The van der Waals surface area contributed by atoms with Crippen LogP contribution in [0.5, 0.6) is 0 Å². The van der Waals surface area contributed by atoms with Gasteiger partial charge in [0.15, 0.2) is 0 Å². The van der Waals surface area contributed by atoms with E-state index in [0.717, 1.165) is 0 Å². The van der Waals surface area contributed by atoms with Crippen molar-refractivity contribution < 1.29 is 0 Å². The predicted molar refractivity (Wildman–Crippen MR) is 146 cm³/mol. The van der Waals surface area contributed by atoms with E-state index in [4.69, 9.17) is 0 Å². The maximum atomic E-state index is 2.48. The zero-order valence-corrected chi connectivity index (χ0v) is 18.8. The van der Waals surface area contributed by atoms with E-state index in [1.807, 2.05) is 0 Å². The summed E-state index contributed by atoms with van der Waals surface area (Å²) in [5.74, 6) is 0. The Hall–Kier alpha value is -4.76. The highest BCUT2D eigenvalue weighted by Crippen LogP contribution is 2.43. The van der Waals surface area contributed by atoms with Crippen LogP contribution in [-0.4, -0.2) is 13.4 Å². The fraction of sp³-hybridized carbons (Fsp3) is 0. The average Bonchev–Trinajstić information content (AvgIpc) is 3.62. The van der Waals surface area contributed by atoms with Gasteiger partial charge in [0.1, 0.15) is 5.65 Å². The summed E-state index contributed by atoms with van der Waals surface area (Å²) in [6.07, 6.45) is 0. The molecule has 4 heterocycles. The Morgan fingerprint density at radius 3 is 1.49 bits per heavy atom. The smallest absolute Gasteiger partial charge is 0.131 e. The first-order chi connectivity index (χ1) is 17.4. The summed E-state index contributed by atoms with van der Waals surface area (Å²) >= 11 is 0. The molecule has 4 aromatic heterocycles. The normalized spacial score (nSPS) is 12.6. The third-order valence-corrected chi connectivity index (χ3v) is 7.75. The maximum absolute atomic E-state index is 2.48. The highest BCUT2D eigenvalue weighted by atomic mass is 15.1. The molecule has 0 saturated carbocycles. The number of fused-ring (bicyclic) bond motifs is 12. The lowest BCUT2D eigenvalue weighted by molar-refractivity contribution is 1.18. The van der Waals surface area contributed by atoms with Crippen molar-refractivity contribution in [2.45, 2.75) is 0 Å². The quantitative estimate of drug-likeness (QED) is 0.242. The van der Waals surface area contributed by atoms with Crippen molar-refractivity contribution >= 4 is 65.7 Å². The standard InChI is InChI=1S/C32H19N3/c1-5-14-24-20(10-1)21-11-2-6-15-25(21)33(24)28-18-9-19-29-31(28)35-27-17-8-4-13-23(27)30-22-12-3-7-16-26(22)34(29)32(30)35/h1-19H. The van der Waals surface area contributed by atoms with Crippen LogP contribution in [0.1, 0.15) is 0 Å². The molecule has 0 fully saturated rings. The van der Waals surface area contributed by atoms with Crippen LogP contribution in [0.3, 0.4) is 0 Å². The number of hydrogen-bond acceptors (Lipinski definition) is 0. The molecule has 0 aliphatic carbocycles.